The van der Waals surface area contributed by atoms with E-state index in [0.29, 0.717) is 27.9 Å². The van der Waals surface area contributed by atoms with E-state index in [1.807, 2.05) is 6.07 Å². The number of rotatable bonds is 10. The molecule has 5 rings (SSSR count). The summed E-state index contributed by atoms with van der Waals surface area (Å²) in [5.41, 5.74) is 6.56. The number of hydrogen-bond acceptors (Lipinski definition) is 9. The maximum absolute atomic E-state index is 14.7. The highest BCUT2D eigenvalue weighted by atomic mass is 35.5. The number of ether oxygens (including phenoxy) is 1. The summed E-state index contributed by atoms with van der Waals surface area (Å²) in [5, 5.41) is 18.1. The van der Waals surface area contributed by atoms with E-state index in [1.54, 1.807) is 25.3 Å². The van der Waals surface area contributed by atoms with Gasteiger partial charge in [0.05, 0.1) is 65.2 Å². The quantitative estimate of drug-likeness (QED) is 0.127. The van der Waals surface area contributed by atoms with E-state index < -0.39 is 29.3 Å². The first-order valence-electron chi connectivity index (χ1n) is 12.9. The molecule has 3 aromatic rings. The van der Waals surface area contributed by atoms with Crippen LogP contribution in [0, 0.1) is 23.1 Å². The normalized spacial score (nSPS) is 16.8. The van der Waals surface area contributed by atoms with Crippen molar-refractivity contribution in [3.8, 4) is 6.07 Å². The summed E-state index contributed by atoms with van der Waals surface area (Å²) in [6.07, 6.45) is 8.10. The monoisotopic (exact) mass is 612 g/mol. The molecule has 9 nitrogen and oxygen atoms in total. The highest BCUT2D eigenvalue weighted by Crippen LogP contribution is 2.36. The number of aromatic nitrogens is 2. The first kappa shape index (κ1) is 29.8. The lowest BCUT2D eigenvalue weighted by Gasteiger charge is -2.36. The Morgan fingerprint density at radius 2 is 2.05 bits per heavy atom. The zero-order valence-corrected chi connectivity index (χ0v) is 23.4. The van der Waals surface area contributed by atoms with E-state index in [4.69, 9.17) is 16.3 Å². The van der Waals surface area contributed by atoms with Crippen molar-refractivity contribution in [2.24, 2.45) is 0 Å². The molecular formula is C29H25ClF4N8O. The Morgan fingerprint density at radius 3 is 2.72 bits per heavy atom. The van der Waals surface area contributed by atoms with Gasteiger partial charge in [-0.15, -0.1) is 5.53 Å². The summed E-state index contributed by atoms with van der Waals surface area (Å²) in [4.78, 5) is 7.68. The number of nitriles is 1. The number of hydrazine groups is 2. The van der Waals surface area contributed by atoms with Crippen molar-refractivity contribution in [2.45, 2.75) is 18.6 Å². The molecule has 222 valence electrons. The van der Waals surface area contributed by atoms with Crippen LogP contribution in [-0.4, -0.2) is 46.4 Å². The molecule has 2 aliphatic heterocycles. The average molecular weight is 613 g/mol. The number of anilines is 3. The summed E-state index contributed by atoms with van der Waals surface area (Å²) in [7, 11) is 0. The van der Waals surface area contributed by atoms with Crippen LogP contribution in [0.25, 0.3) is 10.9 Å². The Morgan fingerprint density at radius 1 is 1.26 bits per heavy atom. The number of nitrogens with zero attached hydrogens (tertiary/aromatic N) is 4. The Labute approximate surface area is 249 Å². The molecule has 0 spiro atoms. The topological polar surface area (TPSA) is 110 Å². The highest BCUT2D eigenvalue weighted by molar-refractivity contribution is 6.36. The molecule has 1 saturated heterocycles. The lowest BCUT2D eigenvalue weighted by molar-refractivity contribution is -0.140. The van der Waals surface area contributed by atoms with Gasteiger partial charge in [-0.1, -0.05) is 30.3 Å². The smallest absolute Gasteiger partial charge is 0.249 e. The second-order valence-electron chi connectivity index (χ2n) is 9.89. The SMILES string of the molecule is C=C(/C=C\C(F)=C/C)[C@H](Nc1cc(Cl)c2ncc(C#N)c(Nc3cnc(F)c(F)c3)c2c1)C1=CN(CC2(F)COC2)NN1. The molecule has 43 heavy (non-hydrogen) atoms. The molecule has 1 aromatic carbocycles. The number of allylic oxidation sites excluding steroid dienone is 3. The second-order valence-corrected chi connectivity index (χ2v) is 10.3. The largest absolute Gasteiger partial charge is 0.374 e. The van der Waals surface area contributed by atoms with Crippen molar-refractivity contribution in [2.75, 3.05) is 30.4 Å². The number of alkyl halides is 1. The fourth-order valence-corrected chi connectivity index (χ4v) is 4.70. The first-order valence-corrected chi connectivity index (χ1v) is 13.3. The molecule has 4 heterocycles. The summed E-state index contributed by atoms with van der Waals surface area (Å²) in [6, 6.07) is 5.50. The van der Waals surface area contributed by atoms with E-state index in [1.165, 1.54) is 29.4 Å². The summed E-state index contributed by atoms with van der Waals surface area (Å²) >= 11 is 6.61. The van der Waals surface area contributed by atoms with Crippen molar-refractivity contribution < 1.29 is 22.3 Å². The molecule has 0 aliphatic carbocycles. The third-order valence-electron chi connectivity index (χ3n) is 6.65. The van der Waals surface area contributed by atoms with Crippen LogP contribution in [0.3, 0.4) is 0 Å². The van der Waals surface area contributed by atoms with Gasteiger partial charge in [0.15, 0.2) is 11.5 Å². The van der Waals surface area contributed by atoms with E-state index in [0.717, 1.165) is 12.3 Å². The van der Waals surface area contributed by atoms with E-state index >= 15 is 0 Å². The number of nitrogens with one attached hydrogen (secondary N) is 4. The number of fused-ring (bicyclic) bond motifs is 1. The third-order valence-corrected chi connectivity index (χ3v) is 6.94. The van der Waals surface area contributed by atoms with Crippen LogP contribution < -0.4 is 21.6 Å². The van der Waals surface area contributed by atoms with Crippen molar-refractivity contribution in [3.63, 3.8) is 0 Å². The van der Waals surface area contributed by atoms with Gasteiger partial charge in [0.25, 0.3) is 0 Å². The van der Waals surface area contributed by atoms with Crippen LogP contribution in [0.15, 0.2) is 78.7 Å². The summed E-state index contributed by atoms with van der Waals surface area (Å²) < 4.78 is 60.9. The third kappa shape index (κ3) is 6.56. The van der Waals surface area contributed by atoms with E-state index in [9.17, 15) is 22.8 Å². The fraction of sp³-hybridized carbons (Fsp3) is 0.207. The van der Waals surface area contributed by atoms with Gasteiger partial charge < -0.3 is 20.8 Å². The van der Waals surface area contributed by atoms with Crippen molar-refractivity contribution in [1.82, 2.24) is 25.9 Å². The Bertz CT molecular complexity index is 1720. The zero-order chi connectivity index (χ0) is 30.7. The maximum Gasteiger partial charge on any atom is 0.249 e. The molecule has 0 bridgehead atoms. The predicted molar refractivity (Wildman–Crippen MR) is 155 cm³/mol. The number of hydrogen-bond donors (Lipinski definition) is 4. The van der Waals surface area contributed by atoms with Crippen LogP contribution in [0.2, 0.25) is 5.02 Å². The molecule has 0 unspecified atom stereocenters. The van der Waals surface area contributed by atoms with Gasteiger partial charge in [0.1, 0.15) is 11.9 Å². The second kappa shape index (κ2) is 12.3. The fourth-order valence-electron chi connectivity index (χ4n) is 4.43. The van der Waals surface area contributed by atoms with Crippen molar-refractivity contribution in [3.05, 3.63) is 101 Å². The lowest BCUT2D eigenvalue weighted by Crippen LogP contribution is -2.55. The highest BCUT2D eigenvalue weighted by Gasteiger charge is 2.41. The van der Waals surface area contributed by atoms with E-state index in [2.05, 4.69) is 38.1 Å². The molecule has 1 atom stereocenters. The maximum atomic E-state index is 14.7. The van der Waals surface area contributed by atoms with Gasteiger partial charge in [-0.05, 0) is 30.7 Å². The van der Waals surface area contributed by atoms with Crippen LogP contribution in [0.1, 0.15) is 12.5 Å². The first-order chi connectivity index (χ1) is 20.6. The van der Waals surface area contributed by atoms with Crippen LogP contribution in [0.4, 0.5) is 34.6 Å². The number of benzene rings is 1. The molecule has 2 aliphatic rings. The van der Waals surface area contributed by atoms with Gasteiger partial charge in [-0.2, -0.15) is 9.65 Å². The predicted octanol–water partition coefficient (Wildman–Crippen LogP) is 5.85. The van der Waals surface area contributed by atoms with Crippen molar-refractivity contribution >= 4 is 39.6 Å². The number of pyridine rings is 2. The average Bonchev–Trinajstić information content (AvgIpc) is 3.43. The van der Waals surface area contributed by atoms with Gasteiger partial charge in [-0.3, -0.25) is 9.99 Å². The Balaban J connectivity index is 1.52. The van der Waals surface area contributed by atoms with Crippen LogP contribution in [0.5, 0.6) is 0 Å². The summed E-state index contributed by atoms with van der Waals surface area (Å²) in [6.45, 7) is 5.64. The van der Waals surface area contributed by atoms with Gasteiger partial charge >= 0.3 is 0 Å². The van der Waals surface area contributed by atoms with Gasteiger partial charge in [0.2, 0.25) is 5.95 Å². The molecular weight excluding hydrogens is 588 g/mol. The molecule has 0 radical (unpaired) electrons. The molecule has 0 saturated carbocycles. The Hall–Kier alpha value is -4.64. The lowest BCUT2D eigenvalue weighted by atomic mass is 10.0. The summed E-state index contributed by atoms with van der Waals surface area (Å²) in [5.74, 6) is -2.90. The van der Waals surface area contributed by atoms with Crippen molar-refractivity contribution in [1.29, 1.82) is 5.26 Å². The molecule has 0 amide bonds. The van der Waals surface area contributed by atoms with Gasteiger partial charge in [-0.25, -0.2) is 18.2 Å². The zero-order valence-electron chi connectivity index (χ0n) is 22.7. The van der Waals surface area contributed by atoms with Gasteiger partial charge in [0, 0.05) is 29.5 Å². The minimum absolute atomic E-state index is 0.0145. The Kier molecular flexibility index (Phi) is 8.54. The minimum Gasteiger partial charge on any atom is -0.374 e. The molecule has 2 aromatic heterocycles. The standard InChI is InChI=1S/C29H25ClF4N8O/c1-3-18(31)5-4-16(2)25(24-12-42(41-40-24)13-29(34)14-43-15-29)38-19-6-21-26(39-20-8-23(32)28(33)37-11-20)17(9-35)10-36-27(21)22(30)7-19/h3-8,10-12,25,38,40-41H,2,13-15H2,1H3,(H,36,39)/b5-4-,18-3+/t25-/m0/s1. The number of halogens is 5. The van der Waals surface area contributed by atoms with E-state index in [-0.39, 0.29) is 41.7 Å². The molecule has 14 heteroatoms. The minimum atomic E-state index is -1.50. The van der Waals surface area contributed by atoms with Crippen LogP contribution in [-0.2, 0) is 4.74 Å². The molecule has 4 N–H and O–H groups in total. The molecule has 1 fully saturated rings. The van der Waals surface area contributed by atoms with Crippen LogP contribution >= 0.6 is 11.6 Å².